The second kappa shape index (κ2) is 26.4. The van der Waals surface area contributed by atoms with Crippen molar-refractivity contribution in [3.05, 3.63) is 0 Å². The van der Waals surface area contributed by atoms with Gasteiger partial charge in [0.25, 0.3) is 0 Å². The maximum Gasteiger partial charge on any atom is 0 e. The van der Waals surface area contributed by atoms with Gasteiger partial charge in [-0.25, -0.2) is 0 Å². The first kappa shape index (κ1) is 40.1. The predicted molar refractivity (Wildman–Crippen MR) is 11.5 cm³/mol. The summed E-state index contributed by atoms with van der Waals surface area (Å²) in [5.74, 6) is 0. The van der Waals surface area contributed by atoms with Crippen molar-refractivity contribution in [2.24, 2.45) is 0 Å². The van der Waals surface area contributed by atoms with Crippen LogP contribution in [0.5, 0.6) is 0 Å². The summed E-state index contributed by atoms with van der Waals surface area (Å²) in [6.07, 6.45) is 0. The van der Waals surface area contributed by atoms with Gasteiger partial charge in [0, 0.05) is 104 Å². The van der Waals surface area contributed by atoms with Gasteiger partial charge in [0.2, 0.25) is 0 Å². The second-order valence-corrected chi connectivity index (χ2v) is 0. The first-order chi connectivity index (χ1) is 0. The zero-order chi connectivity index (χ0) is 0. The normalized spacial score (nSPS) is 0. The van der Waals surface area contributed by atoms with Crippen molar-refractivity contribution in [1.29, 1.82) is 0 Å². The van der Waals surface area contributed by atoms with Gasteiger partial charge in [0.15, 0.2) is 0 Å². The summed E-state index contributed by atoms with van der Waals surface area (Å²) in [7, 11) is 0. The quantitative estimate of drug-likeness (QED) is 0.370. The summed E-state index contributed by atoms with van der Waals surface area (Å²) in [5, 5.41) is 0. The smallest absolute Gasteiger partial charge is 0 e. The molecule has 0 unspecified atom stereocenters. The van der Waals surface area contributed by atoms with Gasteiger partial charge in [0.05, 0.1) is 0 Å². The average molecular weight is 519 g/mol. The van der Waals surface area contributed by atoms with Crippen LogP contribution >= 0.6 is 0 Å². The van der Waals surface area contributed by atoms with Crippen LogP contribution in [-0.2, 0) is 58.9 Å². The van der Waals surface area contributed by atoms with E-state index in [1.54, 1.807) is 0 Å². The Morgan fingerprint density at radius 1 is 1.00 bits per heavy atom. The molecular weight excluding hydrogens is 519 g/mol. The molecule has 0 bridgehead atoms. The molecule has 5 heavy (non-hydrogen) atoms. The van der Waals surface area contributed by atoms with E-state index in [-0.39, 0.29) is 104 Å². The van der Waals surface area contributed by atoms with Gasteiger partial charge >= 0.3 is 0 Å². The molecule has 0 nitrogen and oxygen atoms in total. The maximum atomic E-state index is 0. The minimum absolute atomic E-state index is 0. The third kappa shape index (κ3) is 18.7. The molecule has 0 fully saturated rings. The third-order valence-corrected chi connectivity index (χ3v) is 0. The Morgan fingerprint density at radius 2 is 1.00 bits per heavy atom. The first-order valence-corrected chi connectivity index (χ1v) is 0. The molecule has 0 aromatic rings. The second-order valence-electron chi connectivity index (χ2n) is 0. The van der Waals surface area contributed by atoms with E-state index < -0.39 is 0 Å². The molecule has 0 heterocycles. The van der Waals surface area contributed by atoms with Crippen LogP contribution < -0.4 is 0 Å². The Balaban J connectivity index is 0. The Kier molecular flexibility index (Phi) is 211. The van der Waals surface area contributed by atoms with Crippen molar-refractivity contribution in [2.45, 2.75) is 0 Å². The molecule has 0 rings (SSSR count). The van der Waals surface area contributed by atoms with Crippen LogP contribution in [0.4, 0.5) is 0 Å². The molecule has 5 heteroatoms. The summed E-state index contributed by atoms with van der Waals surface area (Å²) in [4.78, 5) is 0. The molecule has 0 saturated carbocycles. The summed E-state index contributed by atoms with van der Waals surface area (Å²) in [5.41, 5.74) is 0. The Labute approximate surface area is 102 Å². The first-order valence-electron chi connectivity index (χ1n) is 0. The van der Waals surface area contributed by atoms with E-state index in [1.165, 1.54) is 0 Å². The van der Waals surface area contributed by atoms with E-state index in [4.69, 9.17) is 0 Å². The van der Waals surface area contributed by atoms with Crippen LogP contribution in [0.1, 0.15) is 0 Å². The molecule has 0 aromatic carbocycles. The molecule has 0 amide bonds. The molecule has 0 aromatic heterocycles. The van der Waals surface area contributed by atoms with Gasteiger partial charge in [-0.15, -0.1) is 0 Å². The minimum Gasteiger partial charge on any atom is 0 e. The monoisotopic (exact) mass is 517 g/mol. The Hall–Kier alpha value is 3.36. The van der Waals surface area contributed by atoms with Crippen molar-refractivity contribution in [2.75, 3.05) is 0 Å². The SMILES string of the molecule is [Ag].[As].[Cu].[Pb].[Zn]. The molecule has 0 aliphatic carbocycles. The minimum atomic E-state index is 0. The van der Waals surface area contributed by atoms with Gasteiger partial charge in [-0.3, -0.25) is 0 Å². The van der Waals surface area contributed by atoms with Crippen LogP contribution in [0.15, 0.2) is 0 Å². The van der Waals surface area contributed by atoms with E-state index in [0.29, 0.717) is 0 Å². The fraction of sp³-hybridized carbons (Fsp3) is 0. The van der Waals surface area contributed by atoms with Crippen LogP contribution in [-0.4, -0.2) is 45.3 Å². The largest absolute Gasteiger partial charge is 0 e. The van der Waals surface area contributed by atoms with Crippen molar-refractivity contribution in [3.63, 3.8) is 0 Å². The molecule has 0 N–H and O–H groups in total. The van der Waals surface area contributed by atoms with Gasteiger partial charge in [-0.05, 0) is 0 Å². The summed E-state index contributed by atoms with van der Waals surface area (Å²) in [6.45, 7) is 0. The van der Waals surface area contributed by atoms with Crippen molar-refractivity contribution < 1.29 is 58.9 Å². The van der Waals surface area contributed by atoms with Gasteiger partial charge in [-0.1, -0.05) is 0 Å². The van der Waals surface area contributed by atoms with E-state index in [2.05, 4.69) is 0 Å². The fourth-order valence-corrected chi connectivity index (χ4v) is 0. The third-order valence-electron chi connectivity index (χ3n) is 0. The maximum absolute atomic E-state index is 0. The molecule has 0 aliphatic heterocycles. The summed E-state index contributed by atoms with van der Waals surface area (Å²) in [6, 6.07) is 0. The van der Waals surface area contributed by atoms with E-state index in [0.717, 1.165) is 0 Å². The molecule has 9 radical (unpaired) electrons. The van der Waals surface area contributed by atoms with Crippen molar-refractivity contribution in [1.82, 2.24) is 0 Å². The van der Waals surface area contributed by atoms with E-state index in [1.807, 2.05) is 0 Å². The predicted octanol–water partition coefficient (Wildman–Crippen LogP) is -0.769. The topological polar surface area (TPSA) is 0 Å². The molecule has 0 aliphatic rings. The summed E-state index contributed by atoms with van der Waals surface area (Å²) < 4.78 is 0. The van der Waals surface area contributed by atoms with Gasteiger partial charge in [-0.2, -0.15) is 0 Å². The van der Waals surface area contributed by atoms with Crippen LogP contribution in [0.2, 0.25) is 0 Å². The number of hydrogen-bond acceptors (Lipinski definition) is 0. The molecule has 0 spiro atoms. The number of rotatable bonds is 0. The Bertz CT molecular complexity index is 11.6. The molecule has 33 valence electrons. The zero-order valence-electron chi connectivity index (χ0n) is 2.26. The molecule has 0 saturated heterocycles. The van der Waals surface area contributed by atoms with Crippen LogP contribution in [0.25, 0.3) is 0 Å². The van der Waals surface area contributed by atoms with Crippen LogP contribution in [0.3, 0.4) is 0 Å². The average Bonchev–Trinajstić information content (AvgIpc) is 0. The standard InChI is InChI=1S/Ag.As.Cu.Pb.Zn. The number of hydrogen-bond donors (Lipinski definition) is 0. The molecule has 0 atom stereocenters. The van der Waals surface area contributed by atoms with Gasteiger partial charge < -0.3 is 0 Å². The van der Waals surface area contributed by atoms with E-state index >= 15 is 0 Å². The van der Waals surface area contributed by atoms with Gasteiger partial charge in [0.1, 0.15) is 0 Å². The van der Waals surface area contributed by atoms with Crippen molar-refractivity contribution >= 4 is 45.3 Å². The molecular formula is AgAsCuPbZn. The summed E-state index contributed by atoms with van der Waals surface area (Å²) >= 11 is 0. The zero-order valence-corrected chi connectivity index (χ0v) is 13.4. The van der Waals surface area contributed by atoms with Crippen LogP contribution in [0, 0.1) is 0 Å². The Morgan fingerprint density at radius 3 is 1.00 bits per heavy atom. The van der Waals surface area contributed by atoms with E-state index in [9.17, 15) is 0 Å². The fourth-order valence-electron chi connectivity index (χ4n) is 0. The van der Waals surface area contributed by atoms with Crippen molar-refractivity contribution in [3.8, 4) is 0 Å².